The van der Waals surface area contributed by atoms with Crippen LogP contribution in [-0.4, -0.2) is 40.3 Å². The van der Waals surface area contributed by atoms with Crippen LogP contribution in [0.15, 0.2) is 35.9 Å². The number of imidazole rings is 1. The average Bonchev–Trinajstić information content (AvgIpc) is 3.11. The van der Waals surface area contributed by atoms with Gasteiger partial charge in [0.25, 0.3) is 0 Å². The van der Waals surface area contributed by atoms with Gasteiger partial charge in [0.2, 0.25) is 10.0 Å². The highest BCUT2D eigenvalue weighted by Gasteiger charge is 2.30. The first kappa shape index (κ1) is 23.3. The van der Waals surface area contributed by atoms with Crippen LogP contribution < -0.4 is 5.14 Å². The van der Waals surface area contributed by atoms with Crippen LogP contribution in [-0.2, 0) is 21.4 Å². The Bertz CT molecular complexity index is 1400. The summed E-state index contributed by atoms with van der Waals surface area (Å²) < 4.78 is 21.1. The van der Waals surface area contributed by atoms with Gasteiger partial charge in [-0.2, -0.15) is 0 Å². The van der Waals surface area contributed by atoms with Gasteiger partial charge in [0.05, 0.1) is 18.4 Å². The third kappa shape index (κ3) is 5.40. The number of aliphatic carboxylic acids is 1. The molecule has 3 heterocycles. The molecule has 3 N–H and O–H groups in total. The van der Waals surface area contributed by atoms with Gasteiger partial charge in [0, 0.05) is 21.4 Å². The number of hydrogen-bond donors (Lipinski definition) is 2. The van der Waals surface area contributed by atoms with Crippen LogP contribution >= 0.6 is 11.3 Å². The van der Waals surface area contributed by atoms with Crippen LogP contribution in [0.25, 0.3) is 16.7 Å². The van der Waals surface area contributed by atoms with E-state index in [4.69, 9.17) is 9.97 Å². The lowest BCUT2D eigenvalue weighted by molar-refractivity contribution is -0.132. The molecule has 5 rings (SSSR count). The van der Waals surface area contributed by atoms with E-state index in [-0.39, 0.29) is 0 Å². The van der Waals surface area contributed by atoms with E-state index in [0.717, 1.165) is 45.9 Å². The summed E-state index contributed by atoms with van der Waals surface area (Å²) in [6.45, 7) is 4.85. The first-order chi connectivity index (χ1) is 15.5. The van der Waals surface area contributed by atoms with Gasteiger partial charge in [0.1, 0.15) is 11.3 Å². The van der Waals surface area contributed by atoms with Crippen LogP contribution in [0, 0.1) is 13.8 Å². The second-order valence-corrected chi connectivity index (χ2v) is 11.3. The number of hydrogen-bond acceptors (Lipinski definition) is 6. The second-order valence-electron chi connectivity index (χ2n) is 8.48. The van der Waals surface area contributed by atoms with Gasteiger partial charge in [-0.25, -0.2) is 28.3 Å². The number of rotatable bonds is 5. The van der Waals surface area contributed by atoms with Crippen molar-refractivity contribution in [3.05, 3.63) is 62.8 Å². The number of carboxylic acids is 1. The quantitative estimate of drug-likeness (QED) is 0.565. The summed E-state index contributed by atoms with van der Waals surface area (Å²) in [6.07, 6.45) is 7.63. The summed E-state index contributed by atoms with van der Waals surface area (Å²) in [5.74, 6) is 0.818. The fourth-order valence-corrected chi connectivity index (χ4v) is 5.01. The maximum Gasteiger partial charge on any atom is 0.336 e. The van der Waals surface area contributed by atoms with Crippen molar-refractivity contribution in [3.8, 4) is 0 Å². The standard InChI is InChI=1S/C22H21N3O2S.CH5NO2S/c1-12-10-13(2)23-21-19(12)24-20(14-6-7-14)25(21)11-15-8-9-18(28-15)16-4-3-5-17(16)22(26)27;1-5(2,3)4/h3,5,8-10,14H,4,6-7,11H2,1-2H3,(H,26,27);1H3,(H2,2,3,4). The van der Waals surface area contributed by atoms with Crippen LogP contribution in [0.4, 0.5) is 0 Å². The smallest absolute Gasteiger partial charge is 0.336 e. The van der Waals surface area contributed by atoms with Crippen molar-refractivity contribution in [3.63, 3.8) is 0 Å². The third-order valence-electron chi connectivity index (χ3n) is 5.43. The number of allylic oxidation sites excluding steroid dienone is 2. The molecule has 0 aliphatic heterocycles. The Labute approximate surface area is 196 Å². The zero-order valence-electron chi connectivity index (χ0n) is 18.7. The molecule has 0 unspecified atom stereocenters. The molecule has 0 atom stereocenters. The Morgan fingerprint density at radius 2 is 1.97 bits per heavy atom. The number of aryl methyl sites for hydroxylation is 2. The van der Waals surface area contributed by atoms with E-state index in [0.29, 0.717) is 17.9 Å². The number of primary sulfonamides is 1. The Balaban J connectivity index is 0.000000471. The molecule has 10 heteroatoms. The molecule has 0 aromatic carbocycles. The number of carbonyl (C=O) groups is 1. The lowest BCUT2D eigenvalue weighted by Crippen LogP contribution is -2.07. The fraction of sp³-hybridized carbons (Fsp3) is 0.348. The SMILES string of the molecule is CS(N)(=O)=O.Cc1cc(C)c2nc(C3CC3)n(Cc3ccc(C4=C(C(=O)O)C=CC4)s3)c2n1. The summed E-state index contributed by atoms with van der Waals surface area (Å²) in [7, 11) is -3.17. The first-order valence-electron chi connectivity index (χ1n) is 10.6. The van der Waals surface area contributed by atoms with Crippen molar-refractivity contribution in [2.75, 3.05) is 6.26 Å². The maximum absolute atomic E-state index is 11.5. The fourth-order valence-electron chi connectivity index (χ4n) is 3.95. The van der Waals surface area contributed by atoms with Gasteiger partial charge in [-0.3, -0.25) is 0 Å². The minimum atomic E-state index is -3.17. The Kier molecular flexibility index (Phi) is 6.26. The largest absolute Gasteiger partial charge is 0.478 e. The van der Waals surface area contributed by atoms with Crippen LogP contribution in [0.3, 0.4) is 0 Å². The zero-order valence-corrected chi connectivity index (χ0v) is 20.3. The molecule has 1 saturated carbocycles. The van der Waals surface area contributed by atoms with Crippen molar-refractivity contribution < 1.29 is 18.3 Å². The number of pyridine rings is 1. The number of nitrogens with zero attached hydrogens (tertiary/aromatic N) is 3. The number of aromatic nitrogens is 3. The molecule has 0 amide bonds. The zero-order chi connectivity index (χ0) is 23.9. The topological polar surface area (TPSA) is 128 Å². The molecule has 33 heavy (non-hydrogen) atoms. The lowest BCUT2D eigenvalue weighted by atomic mass is 10.1. The summed E-state index contributed by atoms with van der Waals surface area (Å²) in [4.78, 5) is 23.4. The number of fused-ring (bicyclic) bond motifs is 1. The van der Waals surface area contributed by atoms with Gasteiger partial charge < -0.3 is 9.67 Å². The summed E-state index contributed by atoms with van der Waals surface area (Å²) >= 11 is 1.67. The summed E-state index contributed by atoms with van der Waals surface area (Å²) in [6, 6.07) is 6.24. The van der Waals surface area contributed by atoms with E-state index in [1.165, 1.54) is 23.3 Å². The van der Waals surface area contributed by atoms with E-state index in [1.54, 1.807) is 17.4 Å². The minimum Gasteiger partial charge on any atom is -0.478 e. The maximum atomic E-state index is 11.5. The van der Waals surface area contributed by atoms with E-state index in [9.17, 15) is 18.3 Å². The molecule has 0 radical (unpaired) electrons. The highest BCUT2D eigenvalue weighted by Crippen LogP contribution is 2.41. The number of carboxylic acid groups (broad SMARTS) is 1. The highest BCUT2D eigenvalue weighted by atomic mass is 32.2. The number of sulfonamides is 1. The monoisotopic (exact) mass is 486 g/mol. The predicted molar refractivity (Wildman–Crippen MR) is 130 cm³/mol. The van der Waals surface area contributed by atoms with Crippen molar-refractivity contribution in [1.82, 2.24) is 14.5 Å². The van der Waals surface area contributed by atoms with Crippen molar-refractivity contribution in [2.24, 2.45) is 5.14 Å². The summed E-state index contributed by atoms with van der Waals surface area (Å²) in [5.41, 5.74) is 5.46. The van der Waals surface area contributed by atoms with E-state index in [2.05, 4.69) is 28.8 Å². The van der Waals surface area contributed by atoms with Crippen molar-refractivity contribution in [2.45, 2.75) is 45.6 Å². The molecule has 174 valence electrons. The average molecular weight is 487 g/mol. The van der Waals surface area contributed by atoms with Gasteiger partial charge in [0.15, 0.2) is 5.65 Å². The lowest BCUT2D eigenvalue weighted by Gasteiger charge is -2.07. The molecular formula is C23H26N4O4S2. The van der Waals surface area contributed by atoms with E-state index < -0.39 is 16.0 Å². The normalized spacial score (nSPS) is 15.8. The highest BCUT2D eigenvalue weighted by molar-refractivity contribution is 7.88. The molecule has 3 aromatic heterocycles. The molecule has 0 bridgehead atoms. The minimum absolute atomic E-state index is 0.410. The molecular weight excluding hydrogens is 460 g/mol. The van der Waals surface area contributed by atoms with Crippen molar-refractivity contribution >= 4 is 44.1 Å². The molecule has 1 fully saturated rings. The summed E-state index contributed by atoms with van der Waals surface area (Å²) in [5, 5.41) is 13.7. The Morgan fingerprint density at radius 3 is 2.61 bits per heavy atom. The molecule has 0 saturated heterocycles. The Morgan fingerprint density at radius 1 is 1.27 bits per heavy atom. The van der Waals surface area contributed by atoms with E-state index >= 15 is 0 Å². The molecule has 2 aliphatic rings. The second kappa shape index (κ2) is 8.85. The van der Waals surface area contributed by atoms with Crippen LogP contribution in [0.5, 0.6) is 0 Å². The number of nitrogens with two attached hydrogens (primary N) is 1. The predicted octanol–water partition coefficient (Wildman–Crippen LogP) is 3.74. The Hall–Kier alpha value is -2.82. The van der Waals surface area contributed by atoms with E-state index in [1.807, 2.05) is 19.1 Å². The van der Waals surface area contributed by atoms with Crippen LogP contribution in [0.1, 0.15) is 52.0 Å². The third-order valence-corrected chi connectivity index (χ3v) is 6.56. The first-order valence-corrected chi connectivity index (χ1v) is 13.3. The van der Waals surface area contributed by atoms with Crippen molar-refractivity contribution in [1.29, 1.82) is 0 Å². The van der Waals surface area contributed by atoms with Gasteiger partial charge in [-0.05, 0) is 62.4 Å². The molecule has 8 nitrogen and oxygen atoms in total. The van der Waals surface area contributed by atoms with Gasteiger partial charge in [-0.1, -0.05) is 12.2 Å². The van der Waals surface area contributed by atoms with Gasteiger partial charge >= 0.3 is 5.97 Å². The number of thiophene rings is 1. The molecule has 2 aliphatic carbocycles. The molecule has 3 aromatic rings. The molecule has 0 spiro atoms. The van der Waals surface area contributed by atoms with Crippen LogP contribution in [0.2, 0.25) is 0 Å². The van der Waals surface area contributed by atoms with Gasteiger partial charge in [-0.15, -0.1) is 11.3 Å².